The summed E-state index contributed by atoms with van der Waals surface area (Å²) in [7, 11) is 0. The van der Waals surface area contributed by atoms with E-state index in [9.17, 15) is 9.59 Å². The zero-order valence-corrected chi connectivity index (χ0v) is 12.6. The van der Waals surface area contributed by atoms with Gasteiger partial charge in [-0.05, 0) is 44.9 Å². The first kappa shape index (κ1) is 13.7. The van der Waals surface area contributed by atoms with Gasteiger partial charge in [0.05, 0.1) is 0 Å². The summed E-state index contributed by atoms with van der Waals surface area (Å²) in [6.07, 6.45) is 1.53. The van der Waals surface area contributed by atoms with E-state index in [0.29, 0.717) is 30.1 Å². The van der Waals surface area contributed by atoms with Crippen molar-refractivity contribution in [1.82, 2.24) is 9.80 Å². The van der Waals surface area contributed by atoms with Gasteiger partial charge in [0.25, 0.3) is 0 Å². The van der Waals surface area contributed by atoms with Crippen molar-refractivity contribution >= 4 is 12.0 Å². The molecule has 2 amide bonds. The van der Waals surface area contributed by atoms with Crippen molar-refractivity contribution in [3.63, 3.8) is 0 Å². The molecule has 0 bridgehead atoms. The van der Waals surface area contributed by atoms with Crippen LogP contribution in [0.1, 0.15) is 33.6 Å². The van der Waals surface area contributed by atoms with Crippen LogP contribution in [0.2, 0.25) is 0 Å². The van der Waals surface area contributed by atoms with Gasteiger partial charge in [-0.3, -0.25) is 4.79 Å². The van der Waals surface area contributed by atoms with Crippen LogP contribution in [0.25, 0.3) is 0 Å². The molecule has 0 radical (unpaired) electrons. The maximum atomic E-state index is 12.0. The Bertz CT molecular complexity index is 417. The van der Waals surface area contributed by atoms with Gasteiger partial charge < -0.3 is 14.5 Å². The number of carbonyl (C=O) groups is 2. The van der Waals surface area contributed by atoms with Gasteiger partial charge in [-0.25, -0.2) is 4.79 Å². The molecular formula is C15H24N2O3. The second-order valence-corrected chi connectivity index (χ2v) is 7.32. The van der Waals surface area contributed by atoms with Crippen LogP contribution in [0.5, 0.6) is 0 Å². The minimum atomic E-state index is -0.425. The predicted octanol–water partition coefficient (Wildman–Crippen LogP) is 1.72. The number of likely N-dealkylation sites (tertiary alicyclic amines) is 2. The predicted molar refractivity (Wildman–Crippen MR) is 74.1 cm³/mol. The highest BCUT2D eigenvalue weighted by molar-refractivity contribution is 5.78. The molecule has 0 N–H and O–H groups in total. The standard InChI is InChI=1S/C15H24N2O3/c1-15(2,3)20-14(19)17-8-11-10(12(11)9-17)7-16-6-4-5-13(16)18/h10-12H,4-9H2,1-3H3. The summed E-state index contributed by atoms with van der Waals surface area (Å²) >= 11 is 0. The molecule has 2 heterocycles. The number of fused-ring (bicyclic) bond motifs is 1. The molecule has 2 atom stereocenters. The maximum absolute atomic E-state index is 12.0. The van der Waals surface area contributed by atoms with E-state index in [4.69, 9.17) is 4.74 Å². The lowest BCUT2D eigenvalue weighted by molar-refractivity contribution is -0.128. The molecule has 1 aliphatic carbocycles. The van der Waals surface area contributed by atoms with E-state index in [0.717, 1.165) is 32.6 Å². The Morgan fingerprint density at radius 1 is 1.30 bits per heavy atom. The zero-order valence-electron chi connectivity index (χ0n) is 12.6. The number of hydrogen-bond donors (Lipinski definition) is 0. The van der Waals surface area contributed by atoms with Crippen molar-refractivity contribution in [3.8, 4) is 0 Å². The second kappa shape index (κ2) is 4.64. The monoisotopic (exact) mass is 280 g/mol. The fourth-order valence-electron chi connectivity index (χ4n) is 3.55. The van der Waals surface area contributed by atoms with Crippen LogP contribution in [0, 0.1) is 17.8 Å². The molecule has 112 valence electrons. The number of hydrogen-bond acceptors (Lipinski definition) is 3. The number of rotatable bonds is 2. The van der Waals surface area contributed by atoms with Gasteiger partial charge in [-0.1, -0.05) is 0 Å². The van der Waals surface area contributed by atoms with E-state index in [2.05, 4.69) is 0 Å². The topological polar surface area (TPSA) is 49.9 Å². The molecule has 2 aliphatic heterocycles. The first-order valence-electron chi connectivity index (χ1n) is 7.61. The zero-order chi connectivity index (χ0) is 14.5. The van der Waals surface area contributed by atoms with Crippen molar-refractivity contribution in [1.29, 1.82) is 0 Å². The van der Waals surface area contributed by atoms with Gasteiger partial charge in [0.1, 0.15) is 5.60 Å². The fraction of sp³-hybridized carbons (Fsp3) is 0.867. The second-order valence-electron chi connectivity index (χ2n) is 7.32. The molecule has 0 spiro atoms. The van der Waals surface area contributed by atoms with Gasteiger partial charge in [-0.15, -0.1) is 0 Å². The Hall–Kier alpha value is -1.26. The van der Waals surface area contributed by atoms with Gasteiger partial charge in [0.2, 0.25) is 5.91 Å². The van der Waals surface area contributed by atoms with Gasteiger partial charge in [0.15, 0.2) is 0 Å². The summed E-state index contributed by atoms with van der Waals surface area (Å²) in [5.74, 6) is 2.07. The van der Waals surface area contributed by atoms with Crippen LogP contribution >= 0.6 is 0 Å². The molecule has 3 rings (SSSR count). The molecule has 3 fully saturated rings. The molecule has 20 heavy (non-hydrogen) atoms. The number of piperidine rings is 1. The lowest BCUT2D eigenvalue weighted by Gasteiger charge is -2.26. The Labute approximate surface area is 120 Å². The maximum Gasteiger partial charge on any atom is 0.410 e. The average molecular weight is 280 g/mol. The molecule has 5 heteroatoms. The molecular weight excluding hydrogens is 256 g/mol. The minimum absolute atomic E-state index is 0.194. The third kappa shape index (κ3) is 2.63. The SMILES string of the molecule is CC(C)(C)OC(=O)N1CC2C(CN3CCCC3=O)C2C1. The lowest BCUT2D eigenvalue weighted by atomic mass is 10.2. The third-order valence-corrected chi connectivity index (χ3v) is 4.63. The van der Waals surface area contributed by atoms with Gasteiger partial charge in [-0.2, -0.15) is 0 Å². The Morgan fingerprint density at radius 2 is 1.95 bits per heavy atom. The molecule has 2 saturated heterocycles. The summed E-state index contributed by atoms with van der Waals surface area (Å²) in [5, 5.41) is 0. The Balaban J connectivity index is 1.46. The summed E-state index contributed by atoms with van der Waals surface area (Å²) < 4.78 is 5.40. The van der Waals surface area contributed by atoms with E-state index in [-0.39, 0.29) is 6.09 Å². The van der Waals surface area contributed by atoms with Crippen LogP contribution in [0.4, 0.5) is 4.79 Å². The molecule has 1 saturated carbocycles. The van der Waals surface area contributed by atoms with E-state index in [1.54, 1.807) is 0 Å². The Kier molecular flexibility index (Phi) is 3.18. The van der Waals surface area contributed by atoms with Crippen molar-refractivity contribution in [2.45, 2.75) is 39.2 Å². The largest absolute Gasteiger partial charge is 0.444 e. The fourth-order valence-corrected chi connectivity index (χ4v) is 3.55. The van der Waals surface area contributed by atoms with Crippen molar-refractivity contribution in [2.75, 3.05) is 26.2 Å². The highest BCUT2D eigenvalue weighted by Crippen LogP contribution is 2.52. The van der Waals surface area contributed by atoms with Crippen molar-refractivity contribution in [3.05, 3.63) is 0 Å². The number of carbonyl (C=O) groups excluding carboxylic acids is 2. The minimum Gasteiger partial charge on any atom is -0.444 e. The Morgan fingerprint density at radius 3 is 2.45 bits per heavy atom. The summed E-state index contributed by atoms with van der Waals surface area (Å²) in [4.78, 5) is 27.4. The van der Waals surface area contributed by atoms with E-state index in [1.807, 2.05) is 30.6 Å². The molecule has 0 aromatic rings. The van der Waals surface area contributed by atoms with Crippen LogP contribution in [0.15, 0.2) is 0 Å². The van der Waals surface area contributed by atoms with Crippen LogP contribution in [0.3, 0.4) is 0 Å². The van der Waals surface area contributed by atoms with Crippen LogP contribution in [-0.4, -0.2) is 53.6 Å². The smallest absolute Gasteiger partial charge is 0.410 e. The summed E-state index contributed by atoms with van der Waals surface area (Å²) in [5.41, 5.74) is -0.425. The van der Waals surface area contributed by atoms with E-state index < -0.39 is 5.60 Å². The summed E-state index contributed by atoms with van der Waals surface area (Å²) in [6, 6.07) is 0. The van der Waals surface area contributed by atoms with Crippen LogP contribution < -0.4 is 0 Å². The lowest BCUT2D eigenvalue weighted by Crippen LogP contribution is -2.38. The first-order valence-corrected chi connectivity index (χ1v) is 7.61. The van der Waals surface area contributed by atoms with E-state index >= 15 is 0 Å². The van der Waals surface area contributed by atoms with Gasteiger partial charge in [0, 0.05) is 32.6 Å². The molecule has 5 nitrogen and oxygen atoms in total. The number of ether oxygens (including phenoxy) is 1. The quantitative estimate of drug-likeness (QED) is 0.774. The highest BCUT2D eigenvalue weighted by Gasteiger charge is 2.57. The first-order chi connectivity index (χ1) is 9.35. The summed E-state index contributed by atoms with van der Waals surface area (Å²) in [6.45, 7) is 9.09. The highest BCUT2D eigenvalue weighted by atomic mass is 16.6. The van der Waals surface area contributed by atoms with Crippen LogP contribution in [-0.2, 0) is 9.53 Å². The van der Waals surface area contributed by atoms with Gasteiger partial charge >= 0.3 is 6.09 Å². The molecule has 2 unspecified atom stereocenters. The number of amides is 2. The normalized spacial score (nSPS) is 32.5. The number of nitrogens with zero attached hydrogens (tertiary/aromatic N) is 2. The average Bonchev–Trinajstić information content (AvgIpc) is 2.72. The molecule has 0 aromatic heterocycles. The van der Waals surface area contributed by atoms with Crippen molar-refractivity contribution in [2.24, 2.45) is 17.8 Å². The van der Waals surface area contributed by atoms with Crippen molar-refractivity contribution < 1.29 is 14.3 Å². The third-order valence-electron chi connectivity index (χ3n) is 4.63. The van der Waals surface area contributed by atoms with E-state index in [1.165, 1.54) is 0 Å². The molecule has 0 aromatic carbocycles. The molecule has 3 aliphatic rings.